The molecule has 0 spiro atoms. The number of nitrogens with zero attached hydrogens (tertiary/aromatic N) is 1. The summed E-state index contributed by atoms with van der Waals surface area (Å²) < 4.78 is 15.6. The molecule has 0 saturated carbocycles. The first-order chi connectivity index (χ1) is 15.4. The number of ether oxygens (including phenoxy) is 3. The van der Waals surface area contributed by atoms with Crippen LogP contribution in [0.4, 0.5) is 5.69 Å². The van der Waals surface area contributed by atoms with Gasteiger partial charge >= 0.3 is 11.7 Å². The second-order valence-corrected chi connectivity index (χ2v) is 6.50. The number of carbonyl (C=O) groups excluding carboxylic acids is 2. The fourth-order valence-corrected chi connectivity index (χ4v) is 2.87. The standard InChI is InChI=1S/C24H19NO7/c1-30-22-14-16(9-13-23(26)31-2)8-11-21(22)32-20-12-10-18(15-19(20)25(28)29)24(27)17-6-4-3-5-7-17/h3-15H,1-2H3/b13-9+. The third-order valence-electron chi connectivity index (χ3n) is 4.47. The van der Waals surface area contributed by atoms with Crippen LogP contribution in [0.3, 0.4) is 0 Å². The summed E-state index contributed by atoms with van der Waals surface area (Å²) in [6, 6.07) is 17.3. The molecule has 162 valence electrons. The van der Waals surface area contributed by atoms with Crippen molar-refractivity contribution in [2.24, 2.45) is 0 Å². The second-order valence-electron chi connectivity index (χ2n) is 6.50. The topological polar surface area (TPSA) is 105 Å². The Bertz CT molecular complexity index is 1190. The summed E-state index contributed by atoms with van der Waals surface area (Å²) in [6.07, 6.45) is 2.78. The Morgan fingerprint density at radius 1 is 0.875 bits per heavy atom. The van der Waals surface area contributed by atoms with Gasteiger partial charge in [0.1, 0.15) is 0 Å². The van der Waals surface area contributed by atoms with E-state index in [4.69, 9.17) is 9.47 Å². The highest BCUT2D eigenvalue weighted by atomic mass is 16.6. The summed E-state index contributed by atoms with van der Waals surface area (Å²) in [5.41, 5.74) is 0.875. The van der Waals surface area contributed by atoms with Crippen LogP contribution >= 0.6 is 0 Å². The van der Waals surface area contributed by atoms with Crippen LogP contribution in [-0.2, 0) is 9.53 Å². The Balaban J connectivity index is 1.91. The summed E-state index contributed by atoms with van der Waals surface area (Å²) in [6.45, 7) is 0. The minimum Gasteiger partial charge on any atom is -0.493 e. The molecule has 8 heteroatoms. The lowest BCUT2D eigenvalue weighted by Crippen LogP contribution is -2.03. The first-order valence-electron chi connectivity index (χ1n) is 9.43. The average molecular weight is 433 g/mol. The van der Waals surface area contributed by atoms with Crippen LogP contribution in [0.1, 0.15) is 21.5 Å². The average Bonchev–Trinajstić information content (AvgIpc) is 2.83. The fraction of sp³-hybridized carbons (Fsp3) is 0.0833. The molecule has 0 saturated heterocycles. The van der Waals surface area contributed by atoms with Crippen molar-refractivity contribution in [1.82, 2.24) is 0 Å². The zero-order valence-corrected chi connectivity index (χ0v) is 17.3. The van der Waals surface area contributed by atoms with Crippen molar-refractivity contribution in [2.45, 2.75) is 0 Å². The van der Waals surface area contributed by atoms with Crippen molar-refractivity contribution in [3.8, 4) is 17.2 Å². The van der Waals surface area contributed by atoms with Gasteiger partial charge in [0.2, 0.25) is 5.75 Å². The molecule has 0 fully saturated rings. The van der Waals surface area contributed by atoms with E-state index in [0.29, 0.717) is 16.9 Å². The van der Waals surface area contributed by atoms with Gasteiger partial charge in [0.25, 0.3) is 0 Å². The number of esters is 1. The largest absolute Gasteiger partial charge is 0.493 e. The summed E-state index contributed by atoms with van der Waals surface area (Å²) >= 11 is 0. The number of hydrogen-bond donors (Lipinski definition) is 0. The van der Waals surface area contributed by atoms with Gasteiger partial charge in [-0.25, -0.2) is 4.79 Å². The van der Waals surface area contributed by atoms with Gasteiger partial charge in [-0.3, -0.25) is 14.9 Å². The molecule has 3 aromatic carbocycles. The Labute approximate surface area is 183 Å². The molecule has 0 N–H and O–H groups in total. The van der Waals surface area contributed by atoms with Crippen LogP contribution < -0.4 is 9.47 Å². The zero-order valence-electron chi connectivity index (χ0n) is 17.3. The number of rotatable bonds is 8. The minimum atomic E-state index is -0.614. The monoisotopic (exact) mass is 433 g/mol. The number of methoxy groups -OCH3 is 2. The molecule has 32 heavy (non-hydrogen) atoms. The van der Waals surface area contributed by atoms with Crippen molar-refractivity contribution in [3.05, 3.63) is 99.6 Å². The van der Waals surface area contributed by atoms with E-state index >= 15 is 0 Å². The van der Waals surface area contributed by atoms with E-state index in [1.165, 1.54) is 44.6 Å². The Morgan fingerprint density at radius 3 is 2.25 bits per heavy atom. The van der Waals surface area contributed by atoms with Gasteiger partial charge in [0, 0.05) is 23.3 Å². The van der Waals surface area contributed by atoms with E-state index < -0.39 is 10.9 Å². The Hall–Kier alpha value is -4.46. The second kappa shape index (κ2) is 10.0. The lowest BCUT2D eigenvalue weighted by Gasteiger charge is -2.12. The molecular formula is C24H19NO7. The third-order valence-corrected chi connectivity index (χ3v) is 4.47. The van der Waals surface area contributed by atoms with E-state index in [9.17, 15) is 19.7 Å². The van der Waals surface area contributed by atoms with Crippen molar-refractivity contribution < 1.29 is 28.7 Å². The van der Waals surface area contributed by atoms with E-state index in [2.05, 4.69) is 4.74 Å². The lowest BCUT2D eigenvalue weighted by molar-refractivity contribution is -0.385. The summed E-state index contributed by atoms with van der Waals surface area (Å²) in [5.74, 6) is -0.357. The first-order valence-corrected chi connectivity index (χ1v) is 9.43. The first kappa shape index (κ1) is 22.2. The summed E-state index contributed by atoms with van der Waals surface area (Å²) in [7, 11) is 2.70. The van der Waals surface area contributed by atoms with E-state index in [-0.39, 0.29) is 28.5 Å². The molecule has 3 rings (SSSR count). The van der Waals surface area contributed by atoms with Gasteiger partial charge in [0.05, 0.1) is 19.1 Å². The number of nitro benzene ring substituents is 1. The van der Waals surface area contributed by atoms with Gasteiger partial charge in [-0.05, 0) is 35.9 Å². The maximum absolute atomic E-state index is 12.6. The molecule has 0 aromatic heterocycles. The maximum Gasteiger partial charge on any atom is 0.330 e. The zero-order chi connectivity index (χ0) is 23.1. The van der Waals surface area contributed by atoms with Crippen molar-refractivity contribution in [3.63, 3.8) is 0 Å². The molecule has 0 radical (unpaired) electrons. The molecule has 0 bridgehead atoms. The van der Waals surface area contributed by atoms with Gasteiger partial charge in [-0.2, -0.15) is 0 Å². The quantitative estimate of drug-likeness (QED) is 0.165. The Kier molecular flexibility index (Phi) is 6.97. The highest BCUT2D eigenvalue weighted by molar-refractivity contribution is 6.09. The number of carbonyl (C=O) groups is 2. The molecule has 0 aliphatic carbocycles. The van der Waals surface area contributed by atoms with Gasteiger partial charge < -0.3 is 14.2 Å². The van der Waals surface area contributed by atoms with Gasteiger partial charge in [-0.1, -0.05) is 36.4 Å². The molecule has 0 atom stereocenters. The van der Waals surface area contributed by atoms with Crippen molar-refractivity contribution in [1.29, 1.82) is 0 Å². The fourth-order valence-electron chi connectivity index (χ4n) is 2.87. The highest BCUT2D eigenvalue weighted by Gasteiger charge is 2.21. The third kappa shape index (κ3) is 5.17. The van der Waals surface area contributed by atoms with Gasteiger partial charge in [0.15, 0.2) is 17.3 Å². The molecule has 0 heterocycles. The van der Waals surface area contributed by atoms with Crippen molar-refractivity contribution >= 4 is 23.5 Å². The number of nitro groups is 1. The van der Waals surface area contributed by atoms with Crippen LogP contribution in [-0.4, -0.2) is 30.9 Å². The van der Waals surface area contributed by atoms with Crippen LogP contribution in [0.2, 0.25) is 0 Å². The number of benzene rings is 3. The predicted octanol–water partition coefficient (Wildman–Crippen LogP) is 4.81. The van der Waals surface area contributed by atoms with Crippen LogP contribution in [0.15, 0.2) is 72.8 Å². The molecular weight excluding hydrogens is 414 g/mol. The molecule has 0 amide bonds. The Morgan fingerprint density at radius 2 is 1.59 bits per heavy atom. The number of ketones is 1. The highest BCUT2D eigenvalue weighted by Crippen LogP contribution is 2.37. The van der Waals surface area contributed by atoms with Gasteiger partial charge in [-0.15, -0.1) is 0 Å². The predicted molar refractivity (Wildman–Crippen MR) is 117 cm³/mol. The molecule has 0 aliphatic rings. The normalized spacial score (nSPS) is 10.6. The SMILES string of the molecule is COC(=O)/C=C/c1ccc(Oc2ccc(C(=O)c3ccccc3)cc2[N+](=O)[O-])c(OC)c1. The smallest absolute Gasteiger partial charge is 0.330 e. The van der Waals surface area contributed by atoms with Crippen LogP contribution in [0, 0.1) is 10.1 Å². The number of hydrogen-bond acceptors (Lipinski definition) is 7. The summed E-state index contributed by atoms with van der Waals surface area (Å²) in [5, 5.41) is 11.6. The van der Waals surface area contributed by atoms with Crippen LogP contribution in [0.25, 0.3) is 6.08 Å². The van der Waals surface area contributed by atoms with E-state index in [1.54, 1.807) is 48.5 Å². The summed E-state index contributed by atoms with van der Waals surface area (Å²) in [4.78, 5) is 34.9. The molecule has 8 nitrogen and oxygen atoms in total. The molecule has 3 aromatic rings. The van der Waals surface area contributed by atoms with E-state index in [1.807, 2.05) is 0 Å². The van der Waals surface area contributed by atoms with Crippen molar-refractivity contribution in [2.75, 3.05) is 14.2 Å². The minimum absolute atomic E-state index is 0.0456. The van der Waals surface area contributed by atoms with Crippen LogP contribution in [0.5, 0.6) is 17.2 Å². The lowest BCUT2D eigenvalue weighted by atomic mass is 10.0. The maximum atomic E-state index is 12.6. The van der Waals surface area contributed by atoms with E-state index in [0.717, 1.165) is 0 Å². The molecule has 0 aliphatic heterocycles. The molecule has 0 unspecified atom stereocenters.